The fourth-order valence-electron chi connectivity index (χ4n) is 3.91. The molecule has 0 amide bonds. The summed E-state index contributed by atoms with van der Waals surface area (Å²) < 4.78 is 13.1. The molecule has 28 heavy (non-hydrogen) atoms. The van der Waals surface area contributed by atoms with Crippen molar-refractivity contribution in [1.29, 1.82) is 0 Å². The van der Waals surface area contributed by atoms with Crippen LogP contribution in [-0.4, -0.2) is 59.7 Å². The fraction of sp³-hybridized carbons (Fsp3) is 0.842. The zero-order valence-corrected chi connectivity index (χ0v) is 20.4. The minimum absolute atomic E-state index is 0. The lowest BCUT2D eigenvalue weighted by Gasteiger charge is -2.55. The van der Waals surface area contributed by atoms with Crippen molar-refractivity contribution in [2.24, 2.45) is 17.5 Å². The summed E-state index contributed by atoms with van der Waals surface area (Å²) in [4.78, 5) is 4.74. The first-order valence-corrected chi connectivity index (χ1v) is 10.0. The van der Waals surface area contributed by atoms with E-state index in [1.807, 2.05) is 18.5 Å². The zero-order valence-electron chi connectivity index (χ0n) is 18.1. The Labute approximate surface area is 186 Å². The monoisotopic (exact) mass is 508 g/mol. The lowest BCUT2D eigenvalue weighted by Crippen LogP contribution is -2.65. The van der Waals surface area contributed by atoms with Gasteiger partial charge in [-0.1, -0.05) is 13.8 Å². The van der Waals surface area contributed by atoms with Crippen molar-refractivity contribution in [2.75, 3.05) is 26.9 Å². The van der Waals surface area contributed by atoms with Gasteiger partial charge in [0, 0.05) is 38.8 Å². The van der Waals surface area contributed by atoms with Crippen LogP contribution < -0.4 is 10.6 Å². The molecule has 0 spiro atoms. The molecule has 1 aromatic rings. The highest BCUT2D eigenvalue weighted by Crippen LogP contribution is 2.48. The topological polar surface area (TPSA) is 85.6 Å². The van der Waals surface area contributed by atoms with Gasteiger partial charge in [-0.3, -0.25) is 0 Å². The molecule has 2 atom stereocenters. The van der Waals surface area contributed by atoms with Crippen molar-refractivity contribution >= 4 is 29.9 Å². The Kier molecular flexibility index (Phi) is 10.7. The molecule has 162 valence electrons. The first-order valence-electron chi connectivity index (χ1n) is 10.0. The number of hydrogen-bond donors (Lipinski definition) is 2. The molecule has 2 unspecified atom stereocenters. The summed E-state index contributed by atoms with van der Waals surface area (Å²) in [5.74, 6) is 2.52. The maximum Gasteiger partial charge on any atom is 0.192 e. The lowest BCUT2D eigenvalue weighted by atomic mass is 9.58. The summed E-state index contributed by atoms with van der Waals surface area (Å²) in [5, 5.41) is 15.3. The molecule has 1 fully saturated rings. The Morgan fingerprint density at radius 2 is 2.00 bits per heavy atom. The zero-order chi connectivity index (χ0) is 19.9. The minimum atomic E-state index is 0. The van der Waals surface area contributed by atoms with E-state index in [-0.39, 0.29) is 29.4 Å². The highest BCUT2D eigenvalue weighted by atomic mass is 127. The van der Waals surface area contributed by atoms with Crippen molar-refractivity contribution in [3.63, 3.8) is 0 Å². The van der Waals surface area contributed by atoms with E-state index in [0.717, 1.165) is 43.5 Å². The highest BCUT2D eigenvalue weighted by molar-refractivity contribution is 14.0. The van der Waals surface area contributed by atoms with E-state index in [0.29, 0.717) is 31.8 Å². The smallest absolute Gasteiger partial charge is 0.192 e. The fourth-order valence-corrected chi connectivity index (χ4v) is 3.91. The molecular formula is C19H37IN6O2. The number of halogens is 1. The molecule has 0 aliphatic heterocycles. The van der Waals surface area contributed by atoms with Gasteiger partial charge in [0.2, 0.25) is 0 Å². The number of ether oxygens (including phenoxy) is 2. The number of aromatic nitrogens is 3. The van der Waals surface area contributed by atoms with Crippen LogP contribution in [0.15, 0.2) is 4.99 Å². The third kappa shape index (κ3) is 5.56. The number of methoxy groups -OCH3 is 1. The number of rotatable bonds is 10. The molecule has 0 aromatic carbocycles. The molecule has 1 aliphatic rings. The van der Waals surface area contributed by atoms with Crippen LogP contribution in [-0.2, 0) is 23.1 Å². The normalized spacial score (nSPS) is 21.0. The second-order valence-electron chi connectivity index (χ2n) is 7.12. The Morgan fingerprint density at radius 1 is 1.29 bits per heavy atom. The highest BCUT2D eigenvalue weighted by Gasteiger charge is 2.53. The van der Waals surface area contributed by atoms with Crippen LogP contribution in [0.3, 0.4) is 0 Å². The second-order valence-corrected chi connectivity index (χ2v) is 7.12. The van der Waals surface area contributed by atoms with E-state index in [2.05, 4.69) is 41.6 Å². The molecule has 1 saturated carbocycles. The first kappa shape index (κ1) is 25.1. The summed E-state index contributed by atoms with van der Waals surface area (Å²) in [5.41, 5.74) is 0.154. The van der Waals surface area contributed by atoms with E-state index in [4.69, 9.17) is 14.5 Å². The van der Waals surface area contributed by atoms with Crippen molar-refractivity contribution in [2.45, 2.75) is 65.6 Å². The molecule has 1 heterocycles. The number of hydrogen-bond acceptors (Lipinski definition) is 5. The predicted molar refractivity (Wildman–Crippen MR) is 122 cm³/mol. The van der Waals surface area contributed by atoms with Crippen LogP contribution >= 0.6 is 24.0 Å². The predicted octanol–water partition coefficient (Wildman–Crippen LogP) is 2.41. The quantitative estimate of drug-likeness (QED) is 0.219. The van der Waals surface area contributed by atoms with Gasteiger partial charge in [0.25, 0.3) is 0 Å². The van der Waals surface area contributed by atoms with Crippen molar-refractivity contribution in [3.8, 4) is 0 Å². The molecule has 0 radical (unpaired) electrons. The molecular weight excluding hydrogens is 471 g/mol. The van der Waals surface area contributed by atoms with Crippen molar-refractivity contribution in [1.82, 2.24) is 25.4 Å². The SMILES string of the molecule is CCOC1CC(NC(=NCc2nnc(C)n2C)NCCOC)C1(CC)CC.I. The van der Waals surface area contributed by atoms with Gasteiger partial charge in [-0.2, -0.15) is 0 Å². The Balaban J connectivity index is 0.00000392. The van der Waals surface area contributed by atoms with Crippen LogP contribution in [0, 0.1) is 12.3 Å². The van der Waals surface area contributed by atoms with Gasteiger partial charge in [0.05, 0.1) is 12.7 Å². The average Bonchev–Trinajstić information content (AvgIpc) is 2.98. The number of aryl methyl sites for hydroxylation is 1. The van der Waals surface area contributed by atoms with Gasteiger partial charge >= 0.3 is 0 Å². The lowest BCUT2D eigenvalue weighted by molar-refractivity contribution is -0.133. The molecule has 1 aliphatic carbocycles. The number of aliphatic imine (C=N–C) groups is 1. The van der Waals surface area contributed by atoms with E-state index < -0.39 is 0 Å². The molecule has 9 heteroatoms. The van der Waals surface area contributed by atoms with Gasteiger partial charge in [0.1, 0.15) is 12.4 Å². The number of nitrogens with zero attached hydrogens (tertiary/aromatic N) is 4. The molecule has 0 saturated heterocycles. The van der Waals surface area contributed by atoms with Gasteiger partial charge in [-0.05, 0) is 33.1 Å². The summed E-state index contributed by atoms with van der Waals surface area (Å²) in [6.45, 7) is 11.1. The molecule has 0 bridgehead atoms. The van der Waals surface area contributed by atoms with Gasteiger partial charge in [-0.15, -0.1) is 34.2 Å². The van der Waals surface area contributed by atoms with Crippen molar-refractivity contribution < 1.29 is 9.47 Å². The molecule has 2 rings (SSSR count). The standard InChI is InChI=1S/C19H36N6O2.HI/c1-7-19(8-2)15(12-16(19)27-9-3)22-18(20-10-11-26-6)21-13-17-24-23-14(4)25(17)5;/h15-16H,7-13H2,1-6H3,(H2,20,21,22);1H. The summed E-state index contributed by atoms with van der Waals surface area (Å²) in [6, 6.07) is 0.346. The maximum atomic E-state index is 5.99. The largest absolute Gasteiger partial charge is 0.383 e. The maximum absolute atomic E-state index is 5.99. The summed E-state index contributed by atoms with van der Waals surface area (Å²) in [7, 11) is 3.66. The number of guanidine groups is 1. The van der Waals surface area contributed by atoms with Gasteiger partial charge in [0.15, 0.2) is 11.8 Å². The third-order valence-electron chi connectivity index (χ3n) is 5.94. The van der Waals surface area contributed by atoms with Crippen LogP contribution in [0.4, 0.5) is 0 Å². The minimum Gasteiger partial charge on any atom is -0.383 e. The van der Waals surface area contributed by atoms with Gasteiger partial charge in [-0.25, -0.2) is 4.99 Å². The second kappa shape index (κ2) is 11.9. The van der Waals surface area contributed by atoms with E-state index in [1.165, 1.54) is 0 Å². The Bertz CT molecular complexity index is 618. The Hall–Kier alpha value is -0.940. The first-order chi connectivity index (χ1) is 13.0. The van der Waals surface area contributed by atoms with Crippen LogP contribution in [0.25, 0.3) is 0 Å². The number of nitrogens with one attached hydrogen (secondary N) is 2. The van der Waals surface area contributed by atoms with Crippen molar-refractivity contribution in [3.05, 3.63) is 11.6 Å². The van der Waals surface area contributed by atoms with E-state index in [1.54, 1.807) is 7.11 Å². The van der Waals surface area contributed by atoms with Crippen LogP contribution in [0.1, 0.15) is 51.7 Å². The summed E-state index contributed by atoms with van der Waals surface area (Å²) in [6.07, 6.45) is 3.49. The average molecular weight is 508 g/mol. The molecule has 2 N–H and O–H groups in total. The van der Waals surface area contributed by atoms with E-state index >= 15 is 0 Å². The molecule has 1 aromatic heterocycles. The van der Waals surface area contributed by atoms with Crippen LogP contribution in [0.5, 0.6) is 0 Å². The molecule has 8 nitrogen and oxygen atoms in total. The van der Waals surface area contributed by atoms with Gasteiger partial charge < -0.3 is 24.7 Å². The van der Waals surface area contributed by atoms with Crippen LogP contribution in [0.2, 0.25) is 0 Å². The Morgan fingerprint density at radius 3 is 2.54 bits per heavy atom. The third-order valence-corrected chi connectivity index (χ3v) is 5.94. The summed E-state index contributed by atoms with van der Waals surface area (Å²) >= 11 is 0. The van der Waals surface area contributed by atoms with E-state index in [9.17, 15) is 0 Å².